The maximum absolute atomic E-state index is 13.6. The lowest BCUT2D eigenvalue weighted by Crippen LogP contribution is -2.48. The van der Waals surface area contributed by atoms with Gasteiger partial charge in [-0.3, -0.25) is 9.69 Å². The number of rotatable bonds is 10. The molecule has 2 aromatic carbocycles. The molecule has 12 heteroatoms. The molecule has 2 heterocycles. The SMILES string of the molecule is Cc1ccc(CN(Cc2ccc(F)cc2)C(=O)CN(CCN2CCOCC2)C(=O)Nc2cccc(C(F)(F)F)c2)o1. The summed E-state index contributed by atoms with van der Waals surface area (Å²) >= 11 is 0. The Hall–Kier alpha value is -3.90. The van der Waals surface area contributed by atoms with E-state index in [-0.39, 0.29) is 31.9 Å². The van der Waals surface area contributed by atoms with Crippen molar-refractivity contribution in [1.29, 1.82) is 0 Å². The van der Waals surface area contributed by atoms with Gasteiger partial charge in [0, 0.05) is 38.4 Å². The number of benzene rings is 2. The molecule has 4 rings (SSSR count). The first-order valence-electron chi connectivity index (χ1n) is 13.2. The molecule has 0 atom stereocenters. The Kier molecular flexibility index (Phi) is 10.0. The zero-order valence-corrected chi connectivity index (χ0v) is 22.6. The van der Waals surface area contributed by atoms with Gasteiger partial charge in [0.15, 0.2) is 0 Å². The Labute approximate surface area is 235 Å². The average Bonchev–Trinajstić information content (AvgIpc) is 3.36. The number of anilines is 1. The van der Waals surface area contributed by atoms with Crippen LogP contribution in [0, 0.1) is 12.7 Å². The van der Waals surface area contributed by atoms with Crippen LogP contribution in [0.1, 0.15) is 22.6 Å². The fourth-order valence-corrected chi connectivity index (χ4v) is 4.38. The van der Waals surface area contributed by atoms with Gasteiger partial charge in [-0.1, -0.05) is 18.2 Å². The number of furan rings is 1. The van der Waals surface area contributed by atoms with Crippen LogP contribution in [-0.2, 0) is 28.8 Å². The molecule has 3 aromatic rings. The molecule has 0 unspecified atom stereocenters. The number of nitrogens with zero attached hydrogens (tertiary/aromatic N) is 3. The molecule has 0 bridgehead atoms. The van der Waals surface area contributed by atoms with Crippen LogP contribution in [0.4, 0.5) is 28.0 Å². The van der Waals surface area contributed by atoms with Gasteiger partial charge in [-0.05, 0) is 55.0 Å². The van der Waals surface area contributed by atoms with Crippen LogP contribution in [0.25, 0.3) is 0 Å². The second-order valence-corrected chi connectivity index (χ2v) is 9.77. The quantitative estimate of drug-likeness (QED) is 0.338. The minimum absolute atomic E-state index is 0.0390. The predicted octanol–water partition coefficient (Wildman–Crippen LogP) is 5.14. The number of aryl methyl sites for hydroxylation is 1. The summed E-state index contributed by atoms with van der Waals surface area (Å²) < 4.78 is 64.2. The smallest absolute Gasteiger partial charge is 0.416 e. The van der Waals surface area contributed by atoms with Crippen molar-refractivity contribution in [3.05, 3.63) is 89.1 Å². The van der Waals surface area contributed by atoms with Crippen molar-refractivity contribution in [2.75, 3.05) is 51.3 Å². The van der Waals surface area contributed by atoms with E-state index in [0.717, 1.165) is 12.1 Å². The van der Waals surface area contributed by atoms with E-state index in [0.29, 0.717) is 49.9 Å². The molecule has 41 heavy (non-hydrogen) atoms. The maximum atomic E-state index is 13.6. The molecule has 0 radical (unpaired) electrons. The Morgan fingerprint density at radius 3 is 2.37 bits per heavy atom. The molecule has 1 fully saturated rings. The summed E-state index contributed by atoms with van der Waals surface area (Å²) in [5, 5.41) is 2.51. The van der Waals surface area contributed by atoms with E-state index in [1.165, 1.54) is 34.1 Å². The van der Waals surface area contributed by atoms with Crippen LogP contribution < -0.4 is 5.32 Å². The van der Waals surface area contributed by atoms with Crippen molar-refractivity contribution in [2.24, 2.45) is 0 Å². The van der Waals surface area contributed by atoms with Gasteiger partial charge in [0.25, 0.3) is 0 Å². The summed E-state index contributed by atoms with van der Waals surface area (Å²) in [5.41, 5.74) is -0.260. The third-order valence-corrected chi connectivity index (χ3v) is 6.63. The van der Waals surface area contributed by atoms with Crippen molar-refractivity contribution in [1.82, 2.24) is 14.7 Å². The van der Waals surface area contributed by atoms with E-state index in [1.807, 2.05) is 0 Å². The third kappa shape index (κ3) is 9.05. The topological polar surface area (TPSA) is 78.3 Å². The van der Waals surface area contributed by atoms with E-state index in [9.17, 15) is 27.2 Å². The van der Waals surface area contributed by atoms with E-state index >= 15 is 0 Å². The number of halogens is 4. The first kappa shape index (κ1) is 30.1. The van der Waals surface area contributed by atoms with Gasteiger partial charge in [0.2, 0.25) is 5.91 Å². The number of urea groups is 1. The van der Waals surface area contributed by atoms with E-state index in [2.05, 4.69) is 10.2 Å². The van der Waals surface area contributed by atoms with Gasteiger partial charge >= 0.3 is 12.2 Å². The minimum Gasteiger partial charge on any atom is -0.464 e. The Balaban J connectivity index is 1.52. The maximum Gasteiger partial charge on any atom is 0.416 e. The van der Waals surface area contributed by atoms with Gasteiger partial charge in [-0.25, -0.2) is 9.18 Å². The van der Waals surface area contributed by atoms with Crippen molar-refractivity contribution in [2.45, 2.75) is 26.2 Å². The third-order valence-electron chi connectivity index (χ3n) is 6.63. The number of morpholine rings is 1. The first-order chi connectivity index (χ1) is 19.6. The van der Waals surface area contributed by atoms with Crippen molar-refractivity contribution in [3.8, 4) is 0 Å². The van der Waals surface area contributed by atoms with E-state index in [4.69, 9.17) is 9.15 Å². The molecule has 1 aliphatic heterocycles. The summed E-state index contributed by atoms with van der Waals surface area (Å²) in [6, 6.07) is 12.9. The molecule has 1 aliphatic rings. The first-order valence-corrected chi connectivity index (χ1v) is 13.2. The zero-order chi connectivity index (χ0) is 29.4. The van der Waals surface area contributed by atoms with E-state index in [1.54, 1.807) is 31.2 Å². The molecule has 1 aromatic heterocycles. The van der Waals surface area contributed by atoms with Crippen molar-refractivity contribution < 1.29 is 36.3 Å². The molecule has 3 amide bonds. The molecule has 220 valence electrons. The Bertz CT molecular complexity index is 1310. The summed E-state index contributed by atoms with van der Waals surface area (Å²) in [5.74, 6) is 0.381. The highest BCUT2D eigenvalue weighted by Gasteiger charge is 2.31. The molecule has 1 saturated heterocycles. The van der Waals surface area contributed by atoms with Crippen molar-refractivity contribution >= 4 is 17.6 Å². The number of carbonyl (C=O) groups is 2. The number of hydrogen-bond acceptors (Lipinski definition) is 5. The Morgan fingerprint density at radius 2 is 1.71 bits per heavy atom. The summed E-state index contributed by atoms with van der Waals surface area (Å²) in [7, 11) is 0. The van der Waals surface area contributed by atoms with E-state index < -0.39 is 29.5 Å². The number of carbonyl (C=O) groups excluding carboxylic acids is 2. The van der Waals surface area contributed by atoms with Crippen LogP contribution >= 0.6 is 0 Å². The fourth-order valence-electron chi connectivity index (χ4n) is 4.38. The van der Waals surface area contributed by atoms with Crippen LogP contribution in [0.5, 0.6) is 0 Å². The highest BCUT2D eigenvalue weighted by molar-refractivity contribution is 5.92. The molecule has 0 saturated carbocycles. The minimum atomic E-state index is -4.57. The number of alkyl halides is 3. The summed E-state index contributed by atoms with van der Waals surface area (Å²) in [4.78, 5) is 31.8. The predicted molar refractivity (Wildman–Crippen MR) is 143 cm³/mol. The number of hydrogen-bond donors (Lipinski definition) is 1. The molecule has 0 aliphatic carbocycles. The van der Waals surface area contributed by atoms with Gasteiger partial charge in [0.05, 0.1) is 25.3 Å². The van der Waals surface area contributed by atoms with Crippen LogP contribution in [0.15, 0.2) is 65.1 Å². The van der Waals surface area contributed by atoms with Crippen LogP contribution in [0.3, 0.4) is 0 Å². The lowest BCUT2D eigenvalue weighted by molar-refractivity contribution is -0.137. The van der Waals surface area contributed by atoms with Gasteiger partial charge < -0.3 is 24.3 Å². The summed E-state index contributed by atoms with van der Waals surface area (Å²) in [6.07, 6.45) is -4.57. The lowest BCUT2D eigenvalue weighted by Gasteiger charge is -2.31. The zero-order valence-electron chi connectivity index (χ0n) is 22.6. The average molecular weight is 577 g/mol. The van der Waals surface area contributed by atoms with Crippen LogP contribution in [0.2, 0.25) is 0 Å². The monoisotopic (exact) mass is 576 g/mol. The molecule has 1 N–H and O–H groups in total. The fraction of sp³-hybridized carbons (Fsp3) is 0.379. The standard InChI is InChI=1S/C29H32F4N4O4/c1-21-5-10-26(41-21)19-37(18-22-6-8-24(30)9-7-22)27(38)20-36(12-11-35-13-15-40-16-14-35)28(39)34-25-4-2-3-23(17-25)29(31,32)33/h2-10,17H,11-16,18-20H2,1H3,(H,34,39). The second-order valence-electron chi connectivity index (χ2n) is 9.77. The highest BCUT2D eigenvalue weighted by Crippen LogP contribution is 2.30. The molecule has 0 spiro atoms. The van der Waals surface area contributed by atoms with Crippen molar-refractivity contribution in [3.63, 3.8) is 0 Å². The summed E-state index contributed by atoms with van der Waals surface area (Å²) in [6.45, 7) is 4.69. The number of amides is 3. The largest absolute Gasteiger partial charge is 0.464 e. The van der Waals surface area contributed by atoms with Gasteiger partial charge in [0.1, 0.15) is 23.9 Å². The number of ether oxygens (including phenoxy) is 1. The lowest BCUT2D eigenvalue weighted by atomic mass is 10.2. The normalized spacial score (nSPS) is 14.1. The second kappa shape index (κ2) is 13.6. The molecule has 8 nitrogen and oxygen atoms in total. The van der Waals surface area contributed by atoms with Gasteiger partial charge in [-0.2, -0.15) is 13.2 Å². The highest BCUT2D eigenvalue weighted by atomic mass is 19.4. The Morgan fingerprint density at radius 1 is 0.976 bits per heavy atom. The van der Waals surface area contributed by atoms with Crippen LogP contribution in [-0.4, -0.2) is 72.6 Å². The molecular formula is C29H32F4N4O4. The molecular weight excluding hydrogens is 544 g/mol. The van der Waals surface area contributed by atoms with Gasteiger partial charge in [-0.15, -0.1) is 0 Å². The number of nitrogens with one attached hydrogen (secondary N) is 1.